The summed E-state index contributed by atoms with van der Waals surface area (Å²) < 4.78 is 0. The maximum atomic E-state index is 2.41. The molecule has 0 amide bonds. The third-order valence-electron chi connectivity index (χ3n) is 6.10. The molecule has 4 rings (SSSR count). The number of hydrogen-bond acceptors (Lipinski definition) is 4. The van der Waals surface area contributed by atoms with Crippen LogP contribution in [0.15, 0.2) is 91.0 Å². The van der Waals surface area contributed by atoms with Crippen molar-refractivity contribution in [2.75, 3.05) is 0 Å². The molecule has 0 spiro atoms. The van der Waals surface area contributed by atoms with Gasteiger partial charge in [-0.2, -0.15) is 0 Å². The number of benzene rings is 4. The molecule has 0 bridgehead atoms. The Labute approximate surface area is 233 Å². The molecule has 0 radical (unpaired) electrons. The van der Waals surface area contributed by atoms with E-state index in [-0.39, 0.29) is 0 Å². The first-order valence-electron chi connectivity index (χ1n) is 12.3. The molecule has 0 saturated carbocycles. The van der Waals surface area contributed by atoms with E-state index in [1.807, 2.05) is 43.2 Å². The zero-order valence-corrected chi connectivity index (χ0v) is 24.6. The normalized spacial score (nSPS) is 11.1. The molecule has 186 valence electrons. The van der Waals surface area contributed by atoms with Crippen molar-refractivity contribution in [1.82, 2.24) is 0 Å². The smallest absolute Gasteiger partial charge is 0.0291 e. The van der Waals surface area contributed by atoms with Crippen molar-refractivity contribution in [3.8, 4) is 0 Å². The maximum absolute atomic E-state index is 2.41. The highest BCUT2D eigenvalue weighted by Gasteiger charge is 2.07. The summed E-state index contributed by atoms with van der Waals surface area (Å²) in [6.07, 6.45) is 0.995. The van der Waals surface area contributed by atoms with Gasteiger partial charge < -0.3 is 0 Å². The Bertz CT molecular complexity index is 1260. The lowest BCUT2D eigenvalue weighted by atomic mass is 9.98. The van der Waals surface area contributed by atoms with Crippen LogP contribution in [0.2, 0.25) is 0 Å². The van der Waals surface area contributed by atoms with Crippen molar-refractivity contribution >= 4 is 43.2 Å². The lowest BCUT2D eigenvalue weighted by Gasteiger charge is -2.12. The molecule has 0 aliphatic heterocycles. The van der Waals surface area contributed by atoms with Crippen molar-refractivity contribution in [3.05, 3.63) is 141 Å². The summed E-state index contributed by atoms with van der Waals surface area (Å²) in [5.74, 6) is 4.19. The van der Waals surface area contributed by atoms with Crippen LogP contribution in [0.3, 0.4) is 0 Å². The summed E-state index contributed by atoms with van der Waals surface area (Å²) in [6, 6.07) is 33.6. The van der Waals surface area contributed by atoms with Crippen LogP contribution in [0.4, 0.5) is 0 Å². The fraction of sp³-hybridized carbons (Fsp3) is 0.250. The molecule has 4 aromatic carbocycles. The van der Waals surface area contributed by atoms with Crippen LogP contribution >= 0.6 is 43.2 Å². The average Bonchev–Trinajstić information content (AvgIpc) is 2.86. The molecule has 4 heteroatoms. The van der Waals surface area contributed by atoms with Crippen molar-refractivity contribution in [2.24, 2.45) is 0 Å². The number of hydrogen-bond donors (Lipinski definition) is 0. The monoisotopic (exact) mass is 546 g/mol. The average molecular weight is 547 g/mol. The summed E-state index contributed by atoms with van der Waals surface area (Å²) in [7, 11) is 7.83. The van der Waals surface area contributed by atoms with Crippen molar-refractivity contribution < 1.29 is 0 Å². The quantitative estimate of drug-likeness (QED) is 0.128. The molecule has 0 aliphatic rings. The summed E-state index contributed by atoms with van der Waals surface area (Å²) in [4.78, 5) is 0. The third kappa shape index (κ3) is 8.69. The van der Waals surface area contributed by atoms with E-state index in [0.717, 1.165) is 29.4 Å². The second-order valence-corrected chi connectivity index (χ2v) is 14.2. The minimum atomic E-state index is 0.995. The van der Waals surface area contributed by atoms with E-state index in [4.69, 9.17) is 0 Å². The predicted octanol–water partition coefficient (Wildman–Crippen LogP) is 10.4. The van der Waals surface area contributed by atoms with Gasteiger partial charge in [0.25, 0.3) is 0 Å². The summed E-state index contributed by atoms with van der Waals surface area (Å²) in [5, 5.41) is 0. The molecular weight excluding hydrogens is 513 g/mol. The van der Waals surface area contributed by atoms with Gasteiger partial charge in [0.05, 0.1) is 0 Å². The van der Waals surface area contributed by atoms with Gasteiger partial charge in [0.2, 0.25) is 0 Å². The Morgan fingerprint density at radius 3 is 1.78 bits per heavy atom. The molecule has 0 fully saturated rings. The highest BCUT2D eigenvalue weighted by molar-refractivity contribution is 8.76. The van der Waals surface area contributed by atoms with Gasteiger partial charge in [0.15, 0.2) is 0 Å². The minimum Gasteiger partial charge on any atom is -0.0890 e. The molecule has 0 aliphatic carbocycles. The highest BCUT2D eigenvalue weighted by atomic mass is 33.1. The summed E-state index contributed by atoms with van der Waals surface area (Å²) in [5.41, 5.74) is 12.6. The molecule has 36 heavy (non-hydrogen) atoms. The Hall–Kier alpha value is -1.72. The van der Waals surface area contributed by atoms with Crippen LogP contribution in [0.1, 0.15) is 50.1 Å². The molecule has 0 atom stereocenters. The molecule has 0 nitrogen and oxygen atoms in total. The van der Waals surface area contributed by atoms with Gasteiger partial charge in [-0.05, 0) is 66.1 Å². The van der Waals surface area contributed by atoms with Crippen LogP contribution in [0.5, 0.6) is 0 Å². The van der Waals surface area contributed by atoms with E-state index in [9.17, 15) is 0 Å². The molecule has 0 aromatic heterocycles. The van der Waals surface area contributed by atoms with Gasteiger partial charge in [-0.1, -0.05) is 145 Å². The molecule has 0 heterocycles. The predicted molar refractivity (Wildman–Crippen MR) is 168 cm³/mol. The molecule has 4 aromatic rings. The minimum absolute atomic E-state index is 0.995. The van der Waals surface area contributed by atoms with Crippen LogP contribution < -0.4 is 0 Å². The third-order valence-corrected chi connectivity index (χ3v) is 10.6. The van der Waals surface area contributed by atoms with Crippen molar-refractivity contribution in [3.63, 3.8) is 0 Å². The van der Waals surface area contributed by atoms with Crippen LogP contribution in [-0.2, 0) is 29.4 Å². The van der Waals surface area contributed by atoms with E-state index in [0.29, 0.717) is 0 Å². The van der Waals surface area contributed by atoms with Crippen LogP contribution in [-0.4, -0.2) is 0 Å². The van der Waals surface area contributed by atoms with Crippen molar-refractivity contribution in [1.29, 1.82) is 0 Å². The Morgan fingerprint density at radius 1 is 0.444 bits per heavy atom. The van der Waals surface area contributed by atoms with E-state index >= 15 is 0 Å². The first-order chi connectivity index (χ1) is 17.6. The van der Waals surface area contributed by atoms with Gasteiger partial charge in [0, 0.05) is 23.0 Å². The maximum Gasteiger partial charge on any atom is 0.0291 e. The zero-order chi connectivity index (χ0) is 25.2. The van der Waals surface area contributed by atoms with E-state index in [1.54, 1.807) is 0 Å². The lowest BCUT2D eigenvalue weighted by molar-refractivity contribution is 1.13. The summed E-state index contributed by atoms with van der Waals surface area (Å²) >= 11 is 0. The second-order valence-electron chi connectivity index (χ2n) is 9.24. The van der Waals surface area contributed by atoms with Gasteiger partial charge in [-0.25, -0.2) is 0 Å². The molecule has 0 N–H and O–H groups in total. The van der Waals surface area contributed by atoms with Crippen LogP contribution in [0, 0.1) is 20.8 Å². The van der Waals surface area contributed by atoms with Gasteiger partial charge in [0.1, 0.15) is 0 Å². The first-order valence-corrected chi connectivity index (χ1v) is 17.3. The molecular formula is C32H34S4. The van der Waals surface area contributed by atoms with Gasteiger partial charge >= 0.3 is 0 Å². The van der Waals surface area contributed by atoms with E-state index < -0.39 is 0 Å². The topological polar surface area (TPSA) is 0 Å². The molecule has 0 saturated heterocycles. The Balaban J connectivity index is 1.31. The fourth-order valence-corrected chi connectivity index (χ4v) is 8.62. The Morgan fingerprint density at radius 2 is 1.03 bits per heavy atom. The second kappa shape index (κ2) is 14.3. The number of aryl methyl sites for hydroxylation is 3. The fourth-order valence-electron chi connectivity index (χ4n) is 4.23. The largest absolute Gasteiger partial charge is 0.0890 e. The van der Waals surface area contributed by atoms with Gasteiger partial charge in [-0.15, -0.1) is 0 Å². The lowest BCUT2D eigenvalue weighted by Crippen LogP contribution is -1.96. The first kappa shape index (κ1) is 27.3. The zero-order valence-electron chi connectivity index (χ0n) is 21.3. The van der Waals surface area contributed by atoms with Crippen LogP contribution in [0.25, 0.3) is 0 Å². The van der Waals surface area contributed by atoms with Gasteiger partial charge in [-0.3, -0.25) is 0 Å². The van der Waals surface area contributed by atoms with E-state index in [2.05, 4.69) is 112 Å². The highest BCUT2D eigenvalue weighted by Crippen LogP contribution is 2.33. The molecule has 0 unspecified atom stereocenters. The van der Waals surface area contributed by atoms with Crippen molar-refractivity contribution in [2.45, 2.75) is 50.2 Å². The van der Waals surface area contributed by atoms with E-state index in [1.165, 1.54) is 50.1 Å². The SMILES string of the molecule is Cc1cccc(CSSCc2cc(C)cc(Cc3ccccc3CSSCc3ccccc3C)c2)c1. The Kier molecular flexibility index (Phi) is 10.8. The standard InChI is InChI=1S/C32H34S4/c1-24-9-8-11-27(15-24)20-33-34-21-29-17-25(2)16-28(18-29)19-30-12-6-7-14-32(30)23-36-35-22-31-13-5-4-10-26(31)3/h4-18H,19-23H2,1-3H3. The number of rotatable bonds is 12. The summed E-state index contributed by atoms with van der Waals surface area (Å²) in [6.45, 7) is 6.59.